The molecule has 0 aliphatic carbocycles. The fourth-order valence-electron chi connectivity index (χ4n) is 1.76. The molecule has 1 rings (SSSR count). The Kier molecular flexibility index (Phi) is 13.6. The highest BCUT2D eigenvalue weighted by Crippen LogP contribution is 2.16. The zero-order chi connectivity index (χ0) is 16.0. The fourth-order valence-corrected chi connectivity index (χ4v) is 1.76. The Bertz CT molecular complexity index is 427. The Hall–Kier alpha value is -1.22. The number of benzene rings is 1. The summed E-state index contributed by atoms with van der Waals surface area (Å²) in [5.41, 5.74) is 0. The summed E-state index contributed by atoms with van der Waals surface area (Å²) in [6, 6.07) is 7.53. The number of hydrogen-bond acceptors (Lipinski definition) is 4. The van der Waals surface area contributed by atoms with Crippen LogP contribution in [0.1, 0.15) is 13.3 Å². The van der Waals surface area contributed by atoms with Crippen molar-refractivity contribution in [1.29, 1.82) is 0 Å². The van der Waals surface area contributed by atoms with Gasteiger partial charge in [0.1, 0.15) is 18.1 Å². The molecule has 0 bridgehead atoms. The Balaban J connectivity index is 0.00000484. The maximum absolute atomic E-state index is 5.64. The van der Waals surface area contributed by atoms with Crippen LogP contribution in [-0.4, -0.2) is 53.0 Å². The smallest absolute Gasteiger partial charge is 0.191 e. The van der Waals surface area contributed by atoms with E-state index in [-0.39, 0.29) is 24.0 Å². The third-order valence-corrected chi connectivity index (χ3v) is 2.91. The second kappa shape index (κ2) is 14.4. The number of methoxy groups -OCH3 is 1. The lowest BCUT2D eigenvalue weighted by Gasteiger charge is -2.12. The van der Waals surface area contributed by atoms with Crippen molar-refractivity contribution >= 4 is 29.9 Å². The molecule has 0 unspecified atom stereocenters. The Morgan fingerprint density at radius 3 is 2.30 bits per heavy atom. The quantitative estimate of drug-likeness (QED) is 0.255. The van der Waals surface area contributed by atoms with Gasteiger partial charge in [-0.05, 0) is 37.6 Å². The van der Waals surface area contributed by atoms with Crippen molar-refractivity contribution in [3.05, 3.63) is 24.3 Å². The number of nitrogens with one attached hydrogen (secondary N) is 2. The van der Waals surface area contributed by atoms with Crippen LogP contribution in [0.5, 0.6) is 11.5 Å². The molecule has 1 aromatic rings. The van der Waals surface area contributed by atoms with E-state index in [2.05, 4.69) is 15.6 Å². The zero-order valence-electron chi connectivity index (χ0n) is 14.1. The molecule has 0 amide bonds. The standard InChI is InChI=1S/C16H27N3O3.HI/c1-4-21-12-5-10-18-16(17-2)19-11-13-22-15-8-6-14(20-3)7-9-15;/h6-9H,4-5,10-13H2,1-3H3,(H2,17,18,19);1H. The summed E-state index contributed by atoms with van der Waals surface area (Å²) in [5.74, 6) is 2.42. The highest BCUT2D eigenvalue weighted by Gasteiger charge is 1.98. The predicted octanol–water partition coefficient (Wildman–Crippen LogP) is 2.28. The lowest BCUT2D eigenvalue weighted by atomic mass is 10.3. The first-order valence-electron chi connectivity index (χ1n) is 7.59. The van der Waals surface area contributed by atoms with E-state index in [1.165, 1.54) is 0 Å². The van der Waals surface area contributed by atoms with Gasteiger partial charge in [-0.25, -0.2) is 0 Å². The van der Waals surface area contributed by atoms with E-state index >= 15 is 0 Å². The molecule has 0 radical (unpaired) electrons. The number of aliphatic imine (C=N–C) groups is 1. The molecule has 6 nitrogen and oxygen atoms in total. The van der Waals surface area contributed by atoms with Crippen molar-refractivity contribution in [1.82, 2.24) is 10.6 Å². The maximum Gasteiger partial charge on any atom is 0.191 e. The molecule has 7 heteroatoms. The molecule has 0 aliphatic rings. The fraction of sp³-hybridized carbons (Fsp3) is 0.562. The minimum atomic E-state index is 0. The van der Waals surface area contributed by atoms with Gasteiger partial charge in [-0.15, -0.1) is 24.0 Å². The molecular formula is C16H28IN3O3. The van der Waals surface area contributed by atoms with Crippen molar-refractivity contribution in [2.75, 3.05) is 47.1 Å². The molecule has 2 N–H and O–H groups in total. The SMILES string of the molecule is CCOCCCNC(=NC)NCCOc1ccc(OC)cc1.I. The van der Waals surface area contributed by atoms with Gasteiger partial charge in [0.25, 0.3) is 0 Å². The van der Waals surface area contributed by atoms with Crippen LogP contribution in [0, 0.1) is 0 Å². The second-order valence-corrected chi connectivity index (χ2v) is 4.50. The monoisotopic (exact) mass is 437 g/mol. The number of nitrogens with zero attached hydrogens (tertiary/aromatic N) is 1. The number of guanidine groups is 1. The Morgan fingerprint density at radius 2 is 1.70 bits per heavy atom. The minimum absolute atomic E-state index is 0. The van der Waals surface area contributed by atoms with Gasteiger partial charge < -0.3 is 24.8 Å². The van der Waals surface area contributed by atoms with E-state index in [1.807, 2.05) is 31.2 Å². The van der Waals surface area contributed by atoms with Crippen LogP contribution in [0.15, 0.2) is 29.3 Å². The third kappa shape index (κ3) is 10.2. The predicted molar refractivity (Wildman–Crippen MR) is 104 cm³/mol. The number of halogens is 1. The van der Waals surface area contributed by atoms with E-state index < -0.39 is 0 Å². The van der Waals surface area contributed by atoms with E-state index in [9.17, 15) is 0 Å². The van der Waals surface area contributed by atoms with Crippen LogP contribution in [0.3, 0.4) is 0 Å². The van der Waals surface area contributed by atoms with Crippen LogP contribution in [0.2, 0.25) is 0 Å². The summed E-state index contributed by atoms with van der Waals surface area (Å²) < 4.78 is 16.0. The average molecular weight is 437 g/mol. The summed E-state index contributed by atoms with van der Waals surface area (Å²) in [6.07, 6.45) is 0.955. The maximum atomic E-state index is 5.64. The number of hydrogen-bond donors (Lipinski definition) is 2. The van der Waals surface area contributed by atoms with E-state index in [1.54, 1.807) is 14.2 Å². The molecule has 0 atom stereocenters. The van der Waals surface area contributed by atoms with E-state index in [0.29, 0.717) is 13.2 Å². The molecule has 0 spiro atoms. The van der Waals surface area contributed by atoms with Crippen molar-refractivity contribution < 1.29 is 14.2 Å². The molecule has 0 saturated heterocycles. The zero-order valence-corrected chi connectivity index (χ0v) is 16.5. The van der Waals surface area contributed by atoms with Crippen molar-refractivity contribution in [2.24, 2.45) is 4.99 Å². The first kappa shape index (κ1) is 21.8. The lowest BCUT2D eigenvalue weighted by Crippen LogP contribution is -2.39. The van der Waals surface area contributed by atoms with Crippen LogP contribution in [0.25, 0.3) is 0 Å². The molecule has 0 fully saturated rings. The molecule has 1 aromatic carbocycles. The Morgan fingerprint density at radius 1 is 1.04 bits per heavy atom. The normalized spacial score (nSPS) is 10.7. The summed E-state index contributed by atoms with van der Waals surface area (Å²) in [5, 5.41) is 6.43. The van der Waals surface area contributed by atoms with Gasteiger partial charge in [0.2, 0.25) is 0 Å². The molecule has 0 aromatic heterocycles. The largest absolute Gasteiger partial charge is 0.497 e. The molecule has 0 saturated carbocycles. The third-order valence-electron chi connectivity index (χ3n) is 2.91. The van der Waals surface area contributed by atoms with Crippen LogP contribution in [-0.2, 0) is 4.74 Å². The van der Waals surface area contributed by atoms with Gasteiger partial charge in [-0.1, -0.05) is 0 Å². The van der Waals surface area contributed by atoms with Gasteiger partial charge in [-0.3, -0.25) is 4.99 Å². The van der Waals surface area contributed by atoms with E-state index in [0.717, 1.165) is 43.6 Å². The molecule has 23 heavy (non-hydrogen) atoms. The lowest BCUT2D eigenvalue weighted by molar-refractivity contribution is 0.145. The first-order chi connectivity index (χ1) is 10.8. The summed E-state index contributed by atoms with van der Waals surface area (Å²) in [7, 11) is 3.40. The van der Waals surface area contributed by atoms with Crippen LogP contribution < -0.4 is 20.1 Å². The highest BCUT2D eigenvalue weighted by atomic mass is 127. The molecule has 0 heterocycles. The number of rotatable bonds is 10. The highest BCUT2D eigenvalue weighted by molar-refractivity contribution is 14.0. The minimum Gasteiger partial charge on any atom is -0.497 e. The van der Waals surface area contributed by atoms with Gasteiger partial charge in [-0.2, -0.15) is 0 Å². The van der Waals surface area contributed by atoms with Crippen LogP contribution in [0.4, 0.5) is 0 Å². The van der Waals surface area contributed by atoms with Crippen molar-refractivity contribution in [2.45, 2.75) is 13.3 Å². The topological polar surface area (TPSA) is 64.1 Å². The van der Waals surface area contributed by atoms with Crippen molar-refractivity contribution in [3.63, 3.8) is 0 Å². The van der Waals surface area contributed by atoms with Crippen LogP contribution >= 0.6 is 24.0 Å². The Labute approximate surface area is 156 Å². The first-order valence-corrected chi connectivity index (χ1v) is 7.59. The molecular weight excluding hydrogens is 409 g/mol. The average Bonchev–Trinajstić information content (AvgIpc) is 2.57. The van der Waals surface area contributed by atoms with Gasteiger partial charge in [0.15, 0.2) is 5.96 Å². The summed E-state index contributed by atoms with van der Waals surface area (Å²) >= 11 is 0. The van der Waals surface area contributed by atoms with Crippen molar-refractivity contribution in [3.8, 4) is 11.5 Å². The van der Waals surface area contributed by atoms with E-state index in [4.69, 9.17) is 14.2 Å². The van der Waals surface area contributed by atoms with Gasteiger partial charge >= 0.3 is 0 Å². The summed E-state index contributed by atoms with van der Waals surface area (Å²) in [4.78, 5) is 4.15. The summed E-state index contributed by atoms with van der Waals surface area (Å²) in [6.45, 7) is 5.59. The second-order valence-electron chi connectivity index (χ2n) is 4.50. The number of ether oxygens (including phenoxy) is 3. The van der Waals surface area contributed by atoms with Gasteiger partial charge in [0, 0.05) is 26.8 Å². The molecule has 0 aliphatic heterocycles. The molecule has 132 valence electrons. The van der Waals surface area contributed by atoms with Gasteiger partial charge in [0.05, 0.1) is 13.7 Å².